The monoisotopic (exact) mass is 197 g/mol. The van der Waals surface area contributed by atoms with Crippen LogP contribution in [0.3, 0.4) is 0 Å². The van der Waals surface area contributed by atoms with E-state index in [1.54, 1.807) is 7.05 Å². The van der Waals surface area contributed by atoms with Crippen LogP contribution in [0.25, 0.3) is 0 Å². The lowest BCUT2D eigenvalue weighted by Gasteiger charge is -2.42. The third-order valence-electron chi connectivity index (χ3n) is 3.35. The molecule has 14 heavy (non-hydrogen) atoms. The number of hydrogen-bond acceptors (Lipinski definition) is 3. The molecule has 2 aliphatic rings. The Bertz CT molecular complexity index is 215. The van der Waals surface area contributed by atoms with Gasteiger partial charge in [-0.25, -0.2) is 0 Å². The summed E-state index contributed by atoms with van der Waals surface area (Å²) in [5.41, 5.74) is 0. The molecule has 80 valence electrons. The molecule has 0 aliphatic carbocycles. The Labute approximate surface area is 85.0 Å². The molecule has 2 rings (SSSR count). The number of rotatable bonds is 2. The molecule has 2 N–H and O–H groups in total. The minimum absolute atomic E-state index is 0.210. The molecule has 1 unspecified atom stereocenters. The molecule has 2 aliphatic heterocycles. The molecular formula is C10H19N3O. The summed E-state index contributed by atoms with van der Waals surface area (Å²) in [5.74, 6) is 0.427. The first kappa shape index (κ1) is 9.93. The summed E-state index contributed by atoms with van der Waals surface area (Å²) < 4.78 is 0. The van der Waals surface area contributed by atoms with E-state index in [2.05, 4.69) is 15.5 Å². The maximum absolute atomic E-state index is 11.5. The molecule has 2 heterocycles. The molecular weight excluding hydrogens is 178 g/mol. The zero-order chi connectivity index (χ0) is 9.97. The summed E-state index contributed by atoms with van der Waals surface area (Å²) in [6, 6.07) is 0.683. The second kappa shape index (κ2) is 4.28. The fourth-order valence-electron chi connectivity index (χ4n) is 2.29. The number of nitrogens with one attached hydrogen (secondary N) is 2. The predicted molar refractivity (Wildman–Crippen MR) is 55.0 cm³/mol. The van der Waals surface area contributed by atoms with Crippen LogP contribution in [0.2, 0.25) is 0 Å². The third-order valence-corrected chi connectivity index (χ3v) is 3.35. The van der Waals surface area contributed by atoms with Crippen molar-refractivity contribution in [3.63, 3.8) is 0 Å². The molecule has 1 atom stereocenters. The van der Waals surface area contributed by atoms with Crippen molar-refractivity contribution in [2.24, 2.45) is 5.92 Å². The summed E-state index contributed by atoms with van der Waals surface area (Å²) in [4.78, 5) is 13.9. The number of carbonyl (C=O) groups excluding carboxylic acids is 1. The van der Waals surface area contributed by atoms with Crippen LogP contribution in [0, 0.1) is 5.92 Å². The Morgan fingerprint density at radius 2 is 2.29 bits per heavy atom. The van der Waals surface area contributed by atoms with Crippen molar-refractivity contribution in [1.82, 2.24) is 15.5 Å². The van der Waals surface area contributed by atoms with Gasteiger partial charge in [0, 0.05) is 32.7 Å². The number of nitrogens with zero attached hydrogens (tertiary/aromatic N) is 1. The summed E-state index contributed by atoms with van der Waals surface area (Å²) in [6.45, 7) is 4.31. The first-order chi connectivity index (χ1) is 6.81. The minimum atomic E-state index is 0.210. The minimum Gasteiger partial charge on any atom is -0.359 e. The summed E-state index contributed by atoms with van der Waals surface area (Å²) in [6.07, 6.45) is 2.21. The van der Waals surface area contributed by atoms with Crippen molar-refractivity contribution in [3.8, 4) is 0 Å². The second-order valence-electron chi connectivity index (χ2n) is 4.26. The van der Waals surface area contributed by atoms with Gasteiger partial charge in [-0.3, -0.25) is 9.69 Å². The molecule has 4 nitrogen and oxygen atoms in total. The van der Waals surface area contributed by atoms with Crippen LogP contribution in [-0.4, -0.2) is 50.1 Å². The van der Waals surface area contributed by atoms with Crippen LogP contribution in [0.5, 0.6) is 0 Å². The van der Waals surface area contributed by atoms with Gasteiger partial charge in [0.15, 0.2) is 0 Å². The van der Waals surface area contributed by atoms with Gasteiger partial charge in [0.25, 0.3) is 0 Å². The lowest BCUT2D eigenvalue weighted by Crippen LogP contribution is -2.60. The molecule has 0 spiro atoms. The lowest BCUT2D eigenvalue weighted by atomic mass is 9.95. The lowest BCUT2D eigenvalue weighted by molar-refractivity contribution is -0.126. The van der Waals surface area contributed by atoms with E-state index in [4.69, 9.17) is 0 Å². The maximum Gasteiger partial charge on any atom is 0.224 e. The highest BCUT2D eigenvalue weighted by Crippen LogP contribution is 2.19. The number of amides is 1. The van der Waals surface area contributed by atoms with E-state index < -0.39 is 0 Å². The SMILES string of the molecule is CNC(=O)C1CCCN(C2CNC2)C1. The zero-order valence-corrected chi connectivity index (χ0v) is 8.75. The highest BCUT2D eigenvalue weighted by molar-refractivity contribution is 5.78. The zero-order valence-electron chi connectivity index (χ0n) is 8.75. The normalized spacial score (nSPS) is 29.6. The van der Waals surface area contributed by atoms with Crippen LogP contribution in [0.4, 0.5) is 0 Å². The van der Waals surface area contributed by atoms with Gasteiger partial charge in [-0.15, -0.1) is 0 Å². The Hall–Kier alpha value is -0.610. The fraction of sp³-hybridized carbons (Fsp3) is 0.900. The van der Waals surface area contributed by atoms with E-state index in [1.807, 2.05) is 0 Å². The Balaban J connectivity index is 1.86. The van der Waals surface area contributed by atoms with Crippen LogP contribution in [-0.2, 0) is 4.79 Å². The molecule has 0 radical (unpaired) electrons. The Morgan fingerprint density at radius 3 is 2.86 bits per heavy atom. The van der Waals surface area contributed by atoms with E-state index in [-0.39, 0.29) is 11.8 Å². The average Bonchev–Trinajstić information content (AvgIpc) is 2.14. The van der Waals surface area contributed by atoms with Crippen LogP contribution in [0.15, 0.2) is 0 Å². The topological polar surface area (TPSA) is 44.4 Å². The van der Waals surface area contributed by atoms with Crippen LogP contribution >= 0.6 is 0 Å². The van der Waals surface area contributed by atoms with Crippen molar-refractivity contribution in [1.29, 1.82) is 0 Å². The van der Waals surface area contributed by atoms with E-state index in [9.17, 15) is 4.79 Å². The highest BCUT2D eigenvalue weighted by Gasteiger charge is 2.31. The van der Waals surface area contributed by atoms with Crippen LogP contribution in [0.1, 0.15) is 12.8 Å². The number of likely N-dealkylation sites (tertiary alicyclic amines) is 1. The largest absolute Gasteiger partial charge is 0.359 e. The quantitative estimate of drug-likeness (QED) is 0.622. The molecule has 4 heteroatoms. The molecule has 0 aromatic rings. The third kappa shape index (κ3) is 1.91. The molecule has 1 amide bonds. The van der Waals surface area contributed by atoms with Crippen molar-refractivity contribution in [2.45, 2.75) is 18.9 Å². The Kier molecular flexibility index (Phi) is 3.03. The van der Waals surface area contributed by atoms with Crippen molar-refractivity contribution < 1.29 is 4.79 Å². The first-order valence-corrected chi connectivity index (χ1v) is 5.47. The summed E-state index contributed by atoms with van der Waals surface area (Å²) in [5, 5.41) is 6.02. The smallest absolute Gasteiger partial charge is 0.224 e. The van der Waals surface area contributed by atoms with E-state index in [0.717, 1.165) is 32.5 Å². The van der Waals surface area contributed by atoms with E-state index in [0.29, 0.717) is 6.04 Å². The molecule has 0 saturated carbocycles. The van der Waals surface area contributed by atoms with Gasteiger partial charge in [-0.05, 0) is 19.4 Å². The van der Waals surface area contributed by atoms with Gasteiger partial charge in [0.1, 0.15) is 0 Å². The van der Waals surface area contributed by atoms with Gasteiger partial charge in [0.05, 0.1) is 5.92 Å². The number of carbonyl (C=O) groups is 1. The van der Waals surface area contributed by atoms with E-state index >= 15 is 0 Å². The van der Waals surface area contributed by atoms with Gasteiger partial charge in [-0.2, -0.15) is 0 Å². The average molecular weight is 197 g/mol. The fourth-order valence-corrected chi connectivity index (χ4v) is 2.29. The van der Waals surface area contributed by atoms with Gasteiger partial charge >= 0.3 is 0 Å². The van der Waals surface area contributed by atoms with E-state index in [1.165, 1.54) is 6.54 Å². The molecule has 2 saturated heterocycles. The molecule has 0 bridgehead atoms. The highest BCUT2D eigenvalue weighted by atomic mass is 16.1. The number of piperidine rings is 1. The van der Waals surface area contributed by atoms with Gasteiger partial charge < -0.3 is 10.6 Å². The van der Waals surface area contributed by atoms with Crippen molar-refractivity contribution in [3.05, 3.63) is 0 Å². The number of hydrogen-bond donors (Lipinski definition) is 2. The van der Waals surface area contributed by atoms with Crippen LogP contribution < -0.4 is 10.6 Å². The molecule has 0 aromatic heterocycles. The standard InChI is InChI=1S/C10H19N3O/c1-11-10(14)8-3-2-4-13(7-8)9-5-12-6-9/h8-9,12H,2-7H2,1H3,(H,11,14). The van der Waals surface area contributed by atoms with Crippen molar-refractivity contribution in [2.75, 3.05) is 33.2 Å². The Morgan fingerprint density at radius 1 is 1.50 bits per heavy atom. The maximum atomic E-state index is 11.5. The van der Waals surface area contributed by atoms with Gasteiger partial charge in [0.2, 0.25) is 5.91 Å². The molecule has 2 fully saturated rings. The summed E-state index contributed by atoms with van der Waals surface area (Å²) >= 11 is 0. The second-order valence-corrected chi connectivity index (χ2v) is 4.26. The summed E-state index contributed by atoms with van der Waals surface area (Å²) in [7, 11) is 1.73. The van der Waals surface area contributed by atoms with Gasteiger partial charge in [-0.1, -0.05) is 0 Å². The first-order valence-electron chi connectivity index (χ1n) is 5.47. The van der Waals surface area contributed by atoms with Crippen molar-refractivity contribution >= 4 is 5.91 Å². The molecule has 0 aromatic carbocycles. The predicted octanol–water partition coefficient (Wildman–Crippen LogP) is -0.584.